The van der Waals surface area contributed by atoms with Crippen LogP contribution in [0.15, 0.2) is 0 Å². The molecule has 1 aliphatic heterocycles. The number of rotatable bonds is 17. The highest BCUT2D eigenvalue weighted by atomic mass is 16.5. The number of carboxylic acids is 3. The Morgan fingerprint density at radius 3 is 1.46 bits per heavy atom. The number of nitrogens with zero attached hydrogens (tertiary/aromatic N) is 4. The van der Waals surface area contributed by atoms with E-state index in [0.29, 0.717) is 84.6 Å². The smallest absolute Gasteiger partial charge is 0.317 e. The van der Waals surface area contributed by atoms with E-state index >= 15 is 0 Å². The van der Waals surface area contributed by atoms with Gasteiger partial charge in [0.15, 0.2) is 0 Å². The molecule has 0 aromatic carbocycles. The summed E-state index contributed by atoms with van der Waals surface area (Å²) in [7, 11) is 0. The van der Waals surface area contributed by atoms with E-state index < -0.39 is 23.5 Å². The molecule has 0 spiro atoms. The van der Waals surface area contributed by atoms with Gasteiger partial charge in [-0.2, -0.15) is 0 Å². The average molecular weight is 590 g/mol. The number of carbonyl (C=O) groups is 4. The van der Waals surface area contributed by atoms with E-state index in [9.17, 15) is 34.5 Å². The van der Waals surface area contributed by atoms with Crippen molar-refractivity contribution in [2.75, 3.05) is 105 Å². The Balaban J connectivity index is 2.68. The van der Waals surface area contributed by atoms with Crippen LogP contribution in [-0.2, 0) is 28.7 Å². The maximum absolute atomic E-state index is 12.7. The third-order valence-electron chi connectivity index (χ3n) is 6.58. The van der Waals surface area contributed by atoms with Crippen LogP contribution in [0, 0.1) is 5.92 Å². The lowest BCUT2D eigenvalue weighted by molar-refractivity contribution is -0.140. The van der Waals surface area contributed by atoms with Gasteiger partial charge in [0.2, 0.25) is 5.91 Å². The summed E-state index contributed by atoms with van der Waals surface area (Å²) >= 11 is 0. The van der Waals surface area contributed by atoms with Crippen LogP contribution in [0.3, 0.4) is 0 Å². The molecule has 1 rings (SSSR count). The first-order valence-corrected chi connectivity index (χ1v) is 14.3. The number of carboxylic acid groups (broad SMARTS) is 3. The molecule has 1 saturated heterocycles. The van der Waals surface area contributed by atoms with E-state index in [2.05, 4.69) is 19.2 Å². The summed E-state index contributed by atoms with van der Waals surface area (Å²) in [6.07, 6.45) is 0.974. The van der Waals surface area contributed by atoms with Crippen molar-refractivity contribution in [3.8, 4) is 0 Å². The van der Waals surface area contributed by atoms with Gasteiger partial charge in [-0.15, -0.1) is 0 Å². The number of ether oxygens (including phenoxy) is 2. The highest BCUT2D eigenvalue weighted by Crippen LogP contribution is 2.12. The zero-order valence-electron chi connectivity index (χ0n) is 25.2. The van der Waals surface area contributed by atoms with Gasteiger partial charge in [-0.25, -0.2) is 0 Å². The third kappa shape index (κ3) is 19.4. The lowest BCUT2D eigenvalue weighted by atomic mass is 10.1. The molecule has 238 valence electrons. The van der Waals surface area contributed by atoms with Gasteiger partial charge < -0.3 is 30.1 Å². The van der Waals surface area contributed by atoms with Gasteiger partial charge in [0.1, 0.15) is 0 Å². The summed E-state index contributed by atoms with van der Waals surface area (Å²) in [6, 6.07) is 0. The lowest BCUT2D eigenvalue weighted by Gasteiger charge is -2.32. The molecule has 0 aromatic heterocycles. The Labute approximate surface area is 243 Å². The highest BCUT2D eigenvalue weighted by molar-refractivity contribution is 5.78. The second-order valence-electron chi connectivity index (χ2n) is 11.5. The molecule has 1 amide bonds. The molecular weight excluding hydrogens is 538 g/mol. The molecule has 14 heteroatoms. The van der Waals surface area contributed by atoms with Crippen LogP contribution in [0.25, 0.3) is 0 Å². The summed E-state index contributed by atoms with van der Waals surface area (Å²) < 4.78 is 11.6. The summed E-state index contributed by atoms with van der Waals surface area (Å²) in [5.74, 6) is -2.64. The van der Waals surface area contributed by atoms with Crippen molar-refractivity contribution in [3.05, 3.63) is 0 Å². The van der Waals surface area contributed by atoms with E-state index in [1.165, 1.54) is 0 Å². The molecule has 0 bridgehead atoms. The first-order chi connectivity index (χ1) is 19.3. The molecule has 1 aliphatic rings. The van der Waals surface area contributed by atoms with Crippen LogP contribution in [-0.4, -0.2) is 169 Å². The van der Waals surface area contributed by atoms with Crippen molar-refractivity contribution in [1.82, 2.24) is 24.9 Å². The molecule has 1 heterocycles. The van der Waals surface area contributed by atoms with Crippen molar-refractivity contribution in [2.45, 2.75) is 39.7 Å². The first kappa shape index (κ1) is 36.7. The Morgan fingerprint density at radius 2 is 1.10 bits per heavy atom. The van der Waals surface area contributed by atoms with E-state index in [4.69, 9.17) is 9.47 Å². The molecule has 4 N–H and O–H groups in total. The average Bonchev–Trinajstić information content (AvgIpc) is 2.84. The topological polar surface area (TPSA) is 172 Å². The van der Waals surface area contributed by atoms with Gasteiger partial charge in [0, 0.05) is 65.5 Å². The SMILES string of the molecule is CC(C)CCOC(C)(C)COCCNC(=O)CN1CCN(CC(=O)O)CCN(CC(=O)O)CCN(CC(=O)O)CC1. The Kier molecular flexibility index (Phi) is 17.6. The minimum atomic E-state index is -1.01. The second-order valence-corrected chi connectivity index (χ2v) is 11.5. The fourth-order valence-electron chi connectivity index (χ4n) is 4.24. The van der Waals surface area contributed by atoms with Crippen molar-refractivity contribution in [2.24, 2.45) is 5.92 Å². The van der Waals surface area contributed by atoms with Gasteiger partial charge in [-0.3, -0.25) is 38.8 Å². The fourth-order valence-corrected chi connectivity index (χ4v) is 4.24. The summed E-state index contributed by atoms with van der Waals surface area (Å²) in [4.78, 5) is 53.8. The van der Waals surface area contributed by atoms with Gasteiger partial charge in [0.25, 0.3) is 0 Å². The largest absolute Gasteiger partial charge is 0.480 e. The molecule has 14 nitrogen and oxygen atoms in total. The first-order valence-electron chi connectivity index (χ1n) is 14.3. The normalized spacial score (nSPS) is 17.6. The molecule has 0 aliphatic carbocycles. The zero-order valence-corrected chi connectivity index (χ0v) is 25.2. The minimum Gasteiger partial charge on any atom is -0.480 e. The van der Waals surface area contributed by atoms with Crippen LogP contribution >= 0.6 is 0 Å². The molecular formula is C27H51N5O9. The lowest BCUT2D eigenvalue weighted by Crippen LogP contribution is -2.50. The Hall–Kier alpha value is -2.36. The molecule has 1 fully saturated rings. The van der Waals surface area contributed by atoms with Gasteiger partial charge >= 0.3 is 17.9 Å². The third-order valence-corrected chi connectivity index (χ3v) is 6.58. The summed E-state index contributed by atoms with van der Waals surface area (Å²) in [5.41, 5.74) is -0.424. The van der Waals surface area contributed by atoms with E-state index in [-0.39, 0.29) is 32.1 Å². The number of hydrogen-bond donors (Lipinski definition) is 4. The predicted molar refractivity (Wildman–Crippen MR) is 152 cm³/mol. The van der Waals surface area contributed by atoms with Crippen molar-refractivity contribution in [3.63, 3.8) is 0 Å². The van der Waals surface area contributed by atoms with Gasteiger partial charge in [-0.1, -0.05) is 13.8 Å². The summed E-state index contributed by atoms with van der Waals surface area (Å²) in [5, 5.41) is 30.8. The van der Waals surface area contributed by atoms with Crippen LogP contribution < -0.4 is 5.32 Å². The Morgan fingerprint density at radius 1 is 0.707 bits per heavy atom. The van der Waals surface area contributed by atoms with Crippen molar-refractivity contribution in [1.29, 1.82) is 0 Å². The van der Waals surface area contributed by atoms with Crippen molar-refractivity contribution < 1.29 is 44.0 Å². The molecule has 0 radical (unpaired) electrons. The molecule has 0 unspecified atom stereocenters. The Bertz CT molecular complexity index is 780. The van der Waals surface area contributed by atoms with Gasteiger partial charge in [0.05, 0.1) is 45.0 Å². The number of amides is 1. The van der Waals surface area contributed by atoms with Crippen LogP contribution in [0.1, 0.15) is 34.1 Å². The molecule has 0 aromatic rings. The minimum absolute atomic E-state index is 0.0662. The van der Waals surface area contributed by atoms with Gasteiger partial charge in [-0.05, 0) is 26.2 Å². The maximum atomic E-state index is 12.7. The number of hydrogen-bond acceptors (Lipinski definition) is 10. The molecule has 41 heavy (non-hydrogen) atoms. The zero-order chi connectivity index (χ0) is 30.8. The molecule has 0 saturated carbocycles. The van der Waals surface area contributed by atoms with Crippen LogP contribution in [0.5, 0.6) is 0 Å². The number of nitrogens with one attached hydrogen (secondary N) is 1. The van der Waals surface area contributed by atoms with E-state index in [1.54, 1.807) is 14.7 Å². The van der Waals surface area contributed by atoms with Crippen molar-refractivity contribution >= 4 is 23.8 Å². The van der Waals surface area contributed by atoms with Crippen LogP contribution in [0.4, 0.5) is 0 Å². The predicted octanol–water partition coefficient (Wildman–Crippen LogP) is -0.564. The van der Waals surface area contributed by atoms with E-state index in [0.717, 1.165) is 6.42 Å². The quantitative estimate of drug-likeness (QED) is 0.159. The molecule has 0 atom stereocenters. The summed E-state index contributed by atoms with van der Waals surface area (Å²) in [6.45, 7) is 12.1. The monoisotopic (exact) mass is 589 g/mol. The fraction of sp³-hybridized carbons (Fsp3) is 0.852. The maximum Gasteiger partial charge on any atom is 0.317 e. The number of aliphatic carboxylic acids is 3. The second kappa shape index (κ2) is 19.7. The number of carbonyl (C=O) groups excluding carboxylic acids is 1. The van der Waals surface area contributed by atoms with Crippen LogP contribution in [0.2, 0.25) is 0 Å². The highest BCUT2D eigenvalue weighted by Gasteiger charge is 2.22. The standard InChI is InChI=1S/C27H51N5O9/c1-22(2)5-15-41-27(3,4)21-40-16-6-28-23(33)17-29-7-9-30(18-24(34)35)11-13-32(20-26(38)39)14-12-31(10-8-29)19-25(36)37/h22H,5-21H2,1-4H3,(H,28,33)(H,34,35)(H,36,37)(H,38,39). The van der Waals surface area contributed by atoms with E-state index in [1.807, 2.05) is 18.7 Å².